The average Bonchev–Trinajstić information content (AvgIpc) is 3.43. The Kier molecular flexibility index (Phi) is 7.02. The summed E-state index contributed by atoms with van der Waals surface area (Å²) in [6.45, 7) is 0. The Morgan fingerprint density at radius 2 is 1.69 bits per heavy atom. The smallest absolute Gasteiger partial charge is 0.356 e. The maximum absolute atomic E-state index is 13.5. The lowest BCUT2D eigenvalue weighted by Crippen LogP contribution is -2.70. The van der Waals surface area contributed by atoms with E-state index in [9.17, 15) is 19.2 Å². The summed E-state index contributed by atoms with van der Waals surface area (Å²) in [6, 6.07) is 21.5. The normalized spacial score (nSPS) is 18.9. The quantitative estimate of drug-likeness (QED) is 0.279. The molecule has 1 unspecified atom stereocenters. The molecule has 1 saturated heterocycles. The number of ether oxygens (including phenoxy) is 1. The molecular weight excluding hydrogens is 496 g/mol. The minimum Gasteiger partial charge on any atom is -0.448 e. The number of aldehydes is 1. The molecule has 0 spiro atoms. The highest BCUT2D eigenvalue weighted by Crippen LogP contribution is 2.41. The average molecular weight is 519 g/mol. The fourth-order valence-corrected chi connectivity index (χ4v) is 6.26. The number of thioether (sulfide) groups is 1. The monoisotopic (exact) mass is 518 g/mol. The molecule has 0 aliphatic carbocycles. The lowest BCUT2D eigenvalue weighted by molar-refractivity contribution is -0.154. The fourth-order valence-electron chi connectivity index (χ4n) is 4.27. The van der Waals surface area contributed by atoms with Crippen molar-refractivity contribution in [2.75, 3.05) is 5.75 Å². The Bertz CT molecular complexity index is 1270. The number of fused-ring (bicyclic) bond motifs is 1. The Balaban J connectivity index is 1.36. The first-order valence-electron chi connectivity index (χ1n) is 11.3. The summed E-state index contributed by atoms with van der Waals surface area (Å²) in [5.41, 5.74) is 1.67. The van der Waals surface area contributed by atoms with Gasteiger partial charge in [-0.2, -0.15) is 0 Å². The summed E-state index contributed by atoms with van der Waals surface area (Å²) in [4.78, 5) is 53.0. The highest BCUT2D eigenvalue weighted by Gasteiger charge is 2.54. The number of hydrogen-bond acceptors (Lipinski definition) is 7. The second-order valence-corrected chi connectivity index (χ2v) is 10.4. The molecule has 5 rings (SSSR count). The number of benzene rings is 2. The van der Waals surface area contributed by atoms with Gasteiger partial charge in [-0.3, -0.25) is 19.3 Å². The largest absolute Gasteiger partial charge is 0.448 e. The van der Waals surface area contributed by atoms with Gasteiger partial charge in [0.05, 0.1) is 6.42 Å². The summed E-state index contributed by atoms with van der Waals surface area (Å²) >= 11 is 2.80. The molecule has 3 heterocycles. The van der Waals surface area contributed by atoms with Gasteiger partial charge in [-0.25, -0.2) is 4.79 Å². The van der Waals surface area contributed by atoms with Crippen LogP contribution < -0.4 is 5.32 Å². The van der Waals surface area contributed by atoms with Crippen LogP contribution >= 0.6 is 23.1 Å². The van der Waals surface area contributed by atoms with E-state index in [-0.39, 0.29) is 29.4 Å². The zero-order chi connectivity index (χ0) is 25.1. The molecule has 2 atom stereocenters. The number of hydrogen-bond donors (Lipinski definition) is 1. The van der Waals surface area contributed by atoms with Gasteiger partial charge in [0.1, 0.15) is 23.4 Å². The van der Waals surface area contributed by atoms with Crippen LogP contribution in [-0.2, 0) is 30.3 Å². The molecule has 9 heteroatoms. The van der Waals surface area contributed by atoms with Crippen molar-refractivity contribution in [1.29, 1.82) is 0 Å². The van der Waals surface area contributed by atoms with Crippen molar-refractivity contribution in [3.05, 3.63) is 105 Å². The van der Waals surface area contributed by atoms with Gasteiger partial charge in [-0.1, -0.05) is 66.7 Å². The van der Waals surface area contributed by atoms with Crippen LogP contribution in [0.3, 0.4) is 0 Å². The number of thiophene rings is 1. The molecule has 2 aliphatic heterocycles. The summed E-state index contributed by atoms with van der Waals surface area (Å²) in [7, 11) is 0. The molecule has 0 radical (unpaired) electrons. The third-order valence-corrected chi connectivity index (χ3v) is 8.17. The zero-order valence-corrected chi connectivity index (χ0v) is 20.7. The third-order valence-electron chi connectivity index (χ3n) is 5.99. The molecule has 0 bridgehead atoms. The molecule has 1 aromatic heterocycles. The number of nitrogens with one attached hydrogen (secondary N) is 1. The lowest BCUT2D eigenvalue weighted by atomic mass is 10.0. The predicted octanol–water partition coefficient (Wildman–Crippen LogP) is 3.48. The number of rotatable bonds is 8. The van der Waals surface area contributed by atoms with Gasteiger partial charge < -0.3 is 10.1 Å². The van der Waals surface area contributed by atoms with E-state index in [1.165, 1.54) is 28.0 Å². The minimum absolute atomic E-state index is 0.0561. The van der Waals surface area contributed by atoms with Crippen LogP contribution in [0, 0.1) is 0 Å². The first kappa shape index (κ1) is 24.0. The molecule has 36 heavy (non-hydrogen) atoms. The molecular formula is C27H22N2O5S2. The molecule has 1 fully saturated rings. The maximum Gasteiger partial charge on any atom is 0.356 e. The van der Waals surface area contributed by atoms with Gasteiger partial charge in [-0.15, -0.1) is 23.1 Å². The van der Waals surface area contributed by atoms with E-state index in [1.54, 1.807) is 0 Å². The molecule has 2 amide bonds. The second-order valence-electron chi connectivity index (χ2n) is 8.31. The second kappa shape index (κ2) is 10.5. The third kappa shape index (κ3) is 4.72. The van der Waals surface area contributed by atoms with Crippen molar-refractivity contribution >= 4 is 47.2 Å². The van der Waals surface area contributed by atoms with Crippen LogP contribution in [0.25, 0.3) is 0 Å². The van der Waals surface area contributed by atoms with Gasteiger partial charge in [-0.05, 0) is 22.6 Å². The minimum atomic E-state index is -0.766. The molecule has 182 valence electrons. The molecule has 7 nitrogen and oxygen atoms in total. The number of carbonyl (C=O) groups is 4. The molecule has 3 aromatic rings. The highest BCUT2D eigenvalue weighted by molar-refractivity contribution is 8.00. The first-order chi connectivity index (χ1) is 17.6. The van der Waals surface area contributed by atoms with Crippen LogP contribution in [0.5, 0.6) is 0 Å². The van der Waals surface area contributed by atoms with Crippen molar-refractivity contribution in [3.8, 4) is 0 Å². The van der Waals surface area contributed by atoms with E-state index in [0.29, 0.717) is 6.29 Å². The zero-order valence-electron chi connectivity index (χ0n) is 19.0. The van der Waals surface area contributed by atoms with Gasteiger partial charge in [0.15, 0.2) is 6.10 Å². The van der Waals surface area contributed by atoms with E-state index in [1.807, 2.05) is 78.2 Å². The van der Waals surface area contributed by atoms with Crippen LogP contribution in [-0.4, -0.2) is 46.1 Å². The van der Waals surface area contributed by atoms with Crippen LogP contribution in [0.4, 0.5) is 0 Å². The number of nitrogens with zero attached hydrogens (tertiary/aromatic N) is 1. The fraction of sp³-hybridized carbons (Fsp3) is 0.185. The van der Waals surface area contributed by atoms with E-state index < -0.39 is 29.4 Å². The number of carbonyl (C=O) groups excluding carboxylic acids is 4. The Labute approximate surface area is 216 Å². The Hall–Kier alpha value is -3.69. The van der Waals surface area contributed by atoms with Gasteiger partial charge in [0, 0.05) is 16.2 Å². The summed E-state index contributed by atoms with van der Waals surface area (Å²) in [5.74, 6) is -1.22. The number of esters is 1. The van der Waals surface area contributed by atoms with E-state index in [0.717, 1.165) is 16.0 Å². The number of amides is 2. The van der Waals surface area contributed by atoms with Crippen molar-refractivity contribution in [2.24, 2.45) is 0 Å². The number of β-lactam (4-membered cyclic amide) rings is 1. The van der Waals surface area contributed by atoms with Gasteiger partial charge in [0.2, 0.25) is 5.91 Å². The first-order valence-corrected chi connectivity index (χ1v) is 13.3. The van der Waals surface area contributed by atoms with Crippen molar-refractivity contribution in [1.82, 2.24) is 10.2 Å². The van der Waals surface area contributed by atoms with Crippen LogP contribution in [0.1, 0.15) is 22.1 Å². The SMILES string of the molecule is O=CC1=C(C(=O)OC(c2ccccc2)c2ccccc2)N2C(=O)C(NC(=O)Cc3cccs3)[C@@H]2SC1. The molecule has 2 aliphatic rings. The lowest BCUT2D eigenvalue weighted by Gasteiger charge is -2.49. The Morgan fingerprint density at radius 1 is 1.03 bits per heavy atom. The topological polar surface area (TPSA) is 92.8 Å². The van der Waals surface area contributed by atoms with Gasteiger partial charge >= 0.3 is 5.97 Å². The van der Waals surface area contributed by atoms with Crippen molar-refractivity contribution in [3.63, 3.8) is 0 Å². The van der Waals surface area contributed by atoms with Gasteiger partial charge in [0.25, 0.3) is 5.91 Å². The van der Waals surface area contributed by atoms with Crippen LogP contribution in [0.15, 0.2) is 89.4 Å². The summed E-state index contributed by atoms with van der Waals surface area (Å²) < 4.78 is 5.94. The summed E-state index contributed by atoms with van der Waals surface area (Å²) in [5, 5.41) is 4.18. The highest BCUT2D eigenvalue weighted by atomic mass is 32.2. The van der Waals surface area contributed by atoms with E-state index in [4.69, 9.17) is 4.74 Å². The standard InChI is InChI=1S/C27H22N2O5S2/c30-15-19-16-36-26-22(28-21(31)14-20-12-7-13-35-20)25(32)29(26)23(19)27(33)34-24(17-8-3-1-4-9-17)18-10-5-2-6-11-18/h1-13,15,22,24,26H,14,16H2,(H,28,31)/t22?,26-/m0/s1. The van der Waals surface area contributed by atoms with Crippen molar-refractivity contribution in [2.45, 2.75) is 23.9 Å². The molecule has 0 saturated carbocycles. The molecule has 1 N–H and O–H groups in total. The van der Waals surface area contributed by atoms with E-state index in [2.05, 4.69) is 5.32 Å². The Morgan fingerprint density at radius 3 is 2.28 bits per heavy atom. The summed E-state index contributed by atoms with van der Waals surface area (Å²) in [6.07, 6.45) is 0.0560. The van der Waals surface area contributed by atoms with E-state index >= 15 is 0 Å². The van der Waals surface area contributed by atoms with Crippen LogP contribution in [0.2, 0.25) is 0 Å². The predicted molar refractivity (Wildman–Crippen MR) is 137 cm³/mol. The van der Waals surface area contributed by atoms with Crippen molar-refractivity contribution < 1.29 is 23.9 Å². The maximum atomic E-state index is 13.5. The molecule has 2 aromatic carbocycles.